The SMILES string of the molecule is CN(C(=O)c1cc2ccccc2o1)C1CCCNCC1. The number of hydrogen-bond donors (Lipinski definition) is 1. The summed E-state index contributed by atoms with van der Waals surface area (Å²) in [6.07, 6.45) is 3.17. The molecule has 1 N–H and O–H groups in total. The van der Waals surface area contributed by atoms with Crippen molar-refractivity contribution in [2.75, 3.05) is 20.1 Å². The van der Waals surface area contributed by atoms with E-state index in [0.717, 1.165) is 43.3 Å². The quantitative estimate of drug-likeness (QED) is 0.914. The van der Waals surface area contributed by atoms with Crippen molar-refractivity contribution in [1.29, 1.82) is 0 Å². The second-order valence-electron chi connectivity index (χ2n) is 5.40. The van der Waals surface area contributed by atoms with Crippen LogP contribution in [0.4, 0.5) is 0 Å². The number of amides is 1. The first-order chi connectivity index (χ1) is 9.75. The standard InChI is InChI=1S/C16H20N2O2/c1-18(13-6-4-9-17-10-8-13)16(19)15-11-12-5-2-3-7-14(12)20-15/h2-3,5,7,11,13,17H,4,6,8-10H2,1H3. The molecule has 1 amide bonds. The minimum atomic E-state index is -0.0203. The van der Waals surface area contributed by atoms with Crippen LogP contribution in [0.5, 0.6) is 0 Å². The van der Waals surface area contributed by atoms with Gasteiger partial charge in [0.2, 0.25) is 0 Å². The van der Waals surface area contributed by atoms with Crippen molar-refractivity contribution in [2.24, 2.45) is 0 Å². The molecule has 106 valence electrons. The lowest BCUT2D eigenvalue weighted by molar-refractivity contribution is 0.0690. The number of carbonyl (C=O) groups is 1. The average molecular weight is 272 g/mol. The number of nitrogens with zero attached hydrogens (tertiary/aromatic N) is 1. The van der Waals surface area contributed by atoms with Crippen LogP contribution in [0.15, 0.2) is 34.7 Å². The predicted molar refractivity (Wildman–Crippen MR) is 78.8 cm³/mol. The highest BCUT2D eigenvalue weighted by atomic mass is 16.3. The van der Waals surface area contributed by atoms with Crippen LogP contribution in [0, 0.1) is 0 Å². The molecule has 4 heteroatoms. The summed E-state index contributed by atoms with van der Waals surface area (Å²) in [7, 11) is 1.88. The summed E-state index contributed by atoms with van der Waals surface area (Å²) < 4.78 is 5.67. The van der Waals surface area contributed by atoms with E-state index in [-0.39, 0.29) is 5.91 Å². The predicted octanol–water partition coefficient (Wildman–Crippen LogP) is 2.65. The Morgan fingerprint density at radius 1 is 1.30 bits per heavy atom. The molecule has 1 atom stereocenters. The fourth-order valence-electron chi connectivity index (χ4n) is 2.81. The molecular weight excluding hydrogens is 252 g/mol. The third-order valence-electron chi connectivity index (χ3n) is 4.05. The second kappa shape index (κ2) is 5.67. The molecule has 1 saturated heterocycles. The molecule has 0 saturated carbocycles. The van der Waals surface area contributed by atoms with E-state index in [1.54, 1.807) is 0 Å². The molecule has 1 aromatic carbocycles. The normalized spacial score (nSPS) is 19.8. The number of furan rings is 1. The lowest BCUT2D eigenvalue weighted by Crippen LogP contribution is -2.37. The number of nitrogens with one attached hydrogen (secondary N) is 1. The molecule has 20 heavy (non-hydrogen) atoms. The van der Waals surface area contributed by atoms with Gasteiger partial charge in [-0.1, -0.05) is 18.2 Å². The molecule has 2 heterocycles. The topological polar surface area (TPSA) is 45.5 Å². The fraction of sp³-hybridized carbons (Fsp3) is 0.438. The molecule has 1 aromatic heterocycles. The minimum Gasteiger partial charge on any atom is -0.451 e. The van der Waals surface area contributed by atoms with Gasteiger partial charge in [0.15, 0.2) is 5.76 Å². The van der Waals surface area contributed by atoms with Crippen LogP contribution in [-0.2, 0) is 0 Å². The third kappa shape index (κ3) is 2.56. The van der Waals surface area contributed by atoms with Crippen molar-refractivity contribution in [3.63, 3.8) is 0 Å². The van der Waals surface area contributed by atoms with Gasteiger partial charge >= 0.3 is 0 Å². The first-order valence-electron chi connectivity index (χ1n) is 7.22. The second-order valence-corrected chi connectivity index (χ2v) is 5.40. The molecule has 1 aliphatic rings. The Morgan fingerprint density at radius 3 is 3.00 bits per heavy atom. The van der Waals surface area contributed by atoms with Gasteiger partial charge in [0.1, 0.15) is 5.58 Å². The Morgan fingerprint density at radius 2 is 2.15 bits per heavy atom. The Labute approximate surface area is 118 Å². The van der Waals surface area contributed by atoms with Gasteiger partial charge in [0.25, 0.3) is 5.91 Å². The number of fused-ring (bicyclic) bond motifs is 1. The first kappa shape index (κ1) is 13.2. The zero-order valence-corrected chi connectivity index (χ0v) is 11.8. The zero-order chi connectivity index (χ0) is 13.9. The lowest BCUT2D eigenvalue weighted by Gasteiger charge is -2.26. The van der Waals surface area contributed by atoms with E-state index in [2.05, 4.69) is 5.32 Å². The summed E-state index contributed by atoms with van der Waals surface area (Å²) in [5.41, 5.74) is 0.770. The maximum atomic E-state index is 12.5. The van der Waals surface area contributed by atoms with Crippen molar-refractivity contribution >= 4 is 16.9 Å². The van der Waals surface area contributed by atoms with E-state index < -0.39 is 0 Å². The Kier molecular flexibility index (Phi) is 3.74. The lowest BCUT2D eigenvalue weighted by atomic mass is 10.1. The smallest absolute Gasteiger partial charge is 0.289 e. The average Bonchev–Trinajstić information content (AvgIpc) is 2.72. The molecule has 0 spiro atoms. The van der Waals surface area contributed by atoms with Crippen molar-refractivity contribution in [2.45, 2.75) is 25.3 Å². The number of hydrogen-bond acceptors (Lipinski definition) is 3. The van der Waals surface area contributed by atoms with E-state index in [1.807, 2.05) is 42.3 Å². The van der Waals surface area contributed by atoms with Crippen molar-refractivity contribution in [3.8, 4) is 0 Å². The van der Waals surface area contributed by atoms with Crippen LogP contribution in [-0.4, -0.2) is 37.0 Å². The number of benzene rings is 1. The maximum Gasteiger partial charge on any atom is 0.289 e. The van der Waals surface area contributed by atoms with Gasteiger partial charge < -0.3 is 14.6 Å². The van der Waals surface area contributed by atoms with Gasteiger partial charge in [-0.25, -0.2) is 0 Å². The highest BCUT2D eigenvalue weighted by molar-refractivity contribution is 5.96. The molecule has 1 unspecified atom stereocenters. The minimum absolute atomic E-state index is 0.0203. The summed E-state index contributed by atoms with van der Waals surface area (Å²) >= 11 is 0. The summed E-state index contributed by atoms with van der Waals surface area (Å²) in [6, 6.07) is 9.86. The fourth-order valence-corrected chi connectivity index (χ4v) is 2.81. The Bertz CT molecular complexity index is 564. The monoisotopic (exact) mass is 272 g/mol. The molecule has 4 nitrogen and oxygen atoms in total. The Hall–Kier alpha value is -1.81. The summed E-state index contributed by atoms with van der Waals surface area (Å²) in [6.45, 7) is 2.02. The van der Waals surface area contributed by atoms with Gasteiger partial charge in [-0.2, -0.15) is 0 Å². The largest absolute Gasteiger partial charge is 0.451 e. The number of carbonyl (C=O) groups excluding carboxylic acids is 1. The van der Waals surface area contributed by atoms with Crippen molar-refractivity contribution in [3.05, 3.63) is 36.1 Å². The zero-order valence-electron chi connectivity index (χ0n) is 11.8. The first-order valence-corrected chi connectivity index (χ1v) is 7.22. The Balaban J connectivity index is 1.79. The molecule has 0 bridgehead atoms. The van der Waals surface area contributed by atoms with Gasteiger partial charge in [0.05, 0.1) is 0 Å². The van der Waals surface area contributed by atoms with Crippen LogP contribution in [0.25, 0.3) is 11.0 Å². The van der Waals surface area contributed by atoms with Crippen LogP contribution >= 0.6 is 0 Å². The molecular formula is C16H20N2O2. The molecule has 3 rings (SSSR count). The summed E-state index contributed by atoms with van der Waals surface area (Å²) in [5, 5.41) is 4.35. The van der Waals surface area contributed by atoms with E-state index in [9.17, 15) is 4.79 Å². The van der Waals surface area contributed by atoms with E-state index in [4.69, 9.17) is 4.42 Å². The number of rotatable bonds is 2. The van der Waals surface area contributed by atoms with E-state index >= 15 is 0 Å². The molecule has 1 fully saturated rings. The highest BCUT2D eigenvalue weighted by Crippen LogP contribution is 2.21. The summed E-state index contributed by atoms with van der Waals surface area (Å²) in [5.74, 6) is 0.416. The highest BCUT2D eigenvalue weighted by Gasteiger charge is 2.24. The maximum absolute atomic E-state index is 12.5. The van der Waals surface area contributed by atoms with Gasteiger partial charge in [-0.3, -0.25) is 4.79 Å². The molecule has 1 aliphatic heterocycles. The van der Waals surface area contributed by atoms with Crippen LogP contribution in [0.3, 0.4) is 0 Å². The van der Waals surface area contributed by atoms with E-state index in [1.165, 1.54) is 0 Å². The van der Waals surface area contributed by atoms with Crippen LogP contribution in [0.2, 0.25) is 0 Å². The van der Waals surface area contributed by atoms with Crippen LogP contribution in [0.1, 0.15) is 29.8 Å². The molecule has 2 aromatic rings. The third-order valence-corrected chi connectivity index (χ3v) is 4.05. The number of para-hydroxylation sites is 1. The molecule has 0 aliphatic carbocycles. The van der Waals surface area contributed by atoms with Gasteiger partial charge in [-0.15, -0.1) is 0 Å². The van der Waals surface area contributed by atoms with Crippen LogP contribution < -0.4 is 5.32 Å². The van der Waals surface area contributed by atoms with Gasteiger partial charge in [-0.05, 0) is 44.5 Å². The molecule has 0 radical (unpaired) electrons. The van der Waals surface area contributed by atoms with Crippen molar-refractivity contribution < 1.29 is 9.21 Å². The van der Waals surface area contributed by atoms with Gasteiger partial charge in [0, 0.05) is 18.5 Å². The van der Waals surface area contributed by atoms with E-state index in [0.29, 0.717) is 11.8 Å². The summed E-state index contributed by atoms with van der Waals surface area (Å²) in [4.78, 5) is 14.4. The van der Waals surface area contributed by atoms with Crippen molar-refractivity contribution in [1.82, 2.24) is 10.2 Å².